The van der Waals surface area contributed by atoms with Gasteiger partial charge in [0.2, 0.25) is 5.91 Å². The fourth-order valence-corrected chi connectivity index (χ4v) is 3.59. The summed E-state index contributed by atoms with van der Waals surface area (Å²) in [6.45, 7) is 10.9. The molecule has 0 saturated carbocycles. The second-order valence-electron chi connectivity index (χ2n) is 7.85. The number of piperidine rings is 1. The highest BCUT2D eigenvalue weighted by molar-refractivity contribution is 7.13. The van der Waals surface area contributed by atoms with E-state index in [4.69, 9.17) is 4.74 Å². The number of nitrogens with one attached hydrogen (secondary N) is 2. The molecule has 1 fully saturated rings. The van der Waals surface area contributed by atoms with Gasteiger partial charge in [-0.05, 0) is 46.1 Å². The molecule has 0 radical (unpaired) electrons. The van der Waals surface area contributed by atoms with Gasteiger partial charge in [-0.25, -0.2) is 9.78 Å². The van der Waals surface area contributed by atoms with E-state index in [1.165, 1.54) is 24.2 Å². The molecule has 26 heavy (non-hydrogen) atoms. The smallest absolute Gasteiger partial charge is 0.407 e. The molecule has 0 bridgehead atoms. The number of carbonyl (C=O) groups is 2. The standard InChI is InChI=1S/C18H30N4O3S/c1-13-6-5-9-22(10-13)11-14-12-26-16(20-14)21-15(23)7-8-19-17(24)25-18(2,3)4/h12-13H,5-11H2,1-4H3,(H,19,24)(H,20,21,23). The number of aromatic nitrogens is 1. The molecule has 0 aliphatic carbocycles. The third-order valence-corrected chi connectivity index (χ3v) is 4.75. The van der Waals surface area contributed by atoms with E-state index < -0.39 is 11.7 Å². The Bertz CT molecular complexity index is 612. The number of alkyl carbamates (subject to hydrolysis) is 1. The van der Waals surface area contributed by atoms with Crippen LogP contribution in [0.4, 0.5) is 9.93 Å². The molecule has 1 atom stereocenters. The summed E-state index contributed by atoms with van der Waals surface area (Å²) in [4.78, 5) is 30.4. The number of carbonyl (C=O) groups excluding carboxylic acids is 2. The number of nitrogens with zero attached hydrogens (tertiary/aromatic N) is 2. The molecule has 0 spiro atoms. The fraction of sp³-hybridized carbons (Fsp3) is 0.722. The predicted octanol–water partition coefficient (Wildman–Crippen LogP) is 3.23. The van der Waals surface area contributed by atoms with Crippen LogP contribution in [0, 0.1) is 5.92 Å². The van der Waals surface area contributed by atoms with Crippen LogP contribution in [0.2, 0.25) is 0 Å². The van der Waals surface area contributed by atoms with Crippen molar-refractivity contribution >= 4 is 28.5 Å². The molecule has 1 aromatic rings. The summed E-state index contributed by atoms with van der Waals surface area (Å²) in [5, 5.41) is 7.96. The van der Waals surface area contributed by atoms with E-state index in [2.05, 4.69) is 27.4 Å². The molecule has 2 N–H and O–H groups in total. The SMILES string of the molecule is CC1CCCN(Cc2csc(NC(=O)CCNC(=O)OC(C)(C)C)n2)C1. The van der Waals surface area contributed by atoms with E-state index in [0.29, 0.717) is 5.13 Å². The average molecular weight is 383 g/mol. The highest BCUT2D eigenvalue weighted by atomic mass is 32.1. The Kier molecular flexibility index (Phi) is 7.40. The van der Waals surface area contributed by atoms with Gasteiger partial charge >= 0.3 is 6.09 Å². The van der Waals surface area contributed by atoms with E-state index in [1.54, 1.807) is 20.8 Å². The molecule has 1 saturated heterocycles. The van der Waals surface area contributed by atoms with E-state index >= 15 is 0 Å². The van der Waals surface area contributed by atoms with Crippen molar-refractivity contribution in [3.8, 4) is 0 Å². The highest BCUT2D eigenvalue weighted by Crippen LogP contribution is 2.21. The number of thiazole rings is 1. The lowest BCUT2D eigenvalue weighted by Gasteiger charge is -2.30. The monoisotopic (exact) mass is 382 g/mol. The summed E-state index contributed by atoms with van der Waals surface area (Å²) in [6, 6.07) is 0. The number of likely N-dealkylation sites (tertiary alicyclic amines) is 1. The van der Waals surface area contributed by atoms with Crippen molar-refractivity contribution in [3.05, 3.63) is 11.1 Å². The highest BCUT2D eigenvalue weighted by Gasteiger charge is 2.18. The zero-order valence-electron chi connectivity index (χ0n) is 16.1. The molecule has 7 nitrogen and oxygen atoms in total. The second-order valence-corrected chi connectivity index (χ2v) is 8.71. The van der Waals surface area contributed by atoms with Gasteiger partial charge in [0, 0.05) is 31.4 Å². The largest absolute Gasteiger partial charge is 0.444 e. The van der Waals surface area contributed by atoms with E-state index in [0.717, 1.165) is 31.2 Å². The van der Waals surface area contributed by atoms with Crippen molar-refractivity contribution in [2.45, 2.75) is 59.1 Å². The zero-order chi connectivity index (χ0) is 19.2. The molecule has 1 aliphatic heterocycles. The molecule has 1 aliphatic rings. The molecule has 2 amide bonds. The van der Waals surface area contributed by atoms with Crippen molar-refractivity contribution in [1.82, 2.24) is 15.2 Å². The third kappa shape index (κ3) is 7.70. The minimum absolute atomic E-state index is 0.173. The summed E-state index contributed by atoms with van der Waals surface area (Å²) in [5.41, 5.74) is 0.446. The van der Waals surface area contributed by atoms with E-state index in [9.17, 15) is 9.59 Å². The van der Waals surface area contributed by atoms with Crippen LogP contribution >= 0.6 is 11.3 Å². The summed E-state index contributed by atoms with van der Waals surface area (Å²) in [5.74, 6) is 0.563. The molecule has 2 heterocycles. The maximum Gasteiger partial charge on any atom is 0.407 e. The summed E-state index contributed by atoms with van der Waals surface area (Å²) in [6.07, 6.45) is 2.20. The number of anilines is 1. The molecule has 146 valence electrons. The van der Waals surface area contributed by atoms with Crippen molar-refractivity contribution in [3.63, 3.8) is 0 Å². The van der Waals surface area contributed by atoms with Crippen molar-refractivity contribution in [2.24, 2.45) is 5.92 Å². The van der Waals surface area contributed by atoms with Crippen LogP contribution in [0.3, 0.4) is 0 Å². The van der Waals surface area contributed by atoms with Crippen molar-refractivity contribution in [1.29, 1.82) is 0 Å². The Balaban J connectivity index is 1.69. The lowest BCUT2D eigenvalue weighted by atomic mass is 10.0. The number of hydrogen-bond acceptors (Lipinski definition) is 6. The summed E-state index contributed by atoms with van der Waals surface area (Å²) in [7, 11) is 0. The van der Waals surface area contributed by atoms with Gasteiger partial charge in [-0.2, -0.15) is 0 Å². The number of amides is 2. The third-order valence-electron chi connectivity index (χ3n) is 3.95. The number of ether oxygens (including phenoxy) is 1. The maximum atomic E-state index is 12.0. The quantitative estimate of drug-likeness (QED) is 0.789. The Morgan fingerprint density at radius 3 is 2.88 bits per heavy atom. The Hall–Kier alpha value is -1.67. The molecule has 2 rings (SSSR count). The lowest BCUT2D eigenvalue weighted by Crippen LogP contribution is -2.34. The van der Waals surface area contributed by atoms with Crippen LogP contribution in [0.15, 0.2) is 5.38 Å². The van der Waals surface area contributed by atoms with Crippen LogP contribution < -0.4 is 10.6 Å². The summed E-state index contributed by atoms with van der Waals surface area (Å²) < 4.78 is 5.12. The fourth-order valence-electron chi connectivity index (χ4n) is 2.87. The van der Waals surface area contributed by atoms with Crippen LogP contribution in [0.5, 0.6) is 0 Å². The Morgan fingerprint density at radius 1 is 1.42 bits per heavy atom. The van der Waals surface area contributed by atoms with E-state index in [-0.39, 0.29) is 18.9 Å². The van der Waals surface area contributed by atoms with Crippen LogP contribution in [-0.2, 0) is 16.1 Å². The normalized spacial score (nSPS) is 18.4. The minimum atomic E-state index is -0.546. The Morgan fingerprint density at radius 2 is 2.19 bits per heavy atom. The predicted molar refractivity (Wildman–Crippen MR) is 103 cm³/mol. The molecular weight excluding hydrogens is 352 g/mol. The van der Waals surface area contributed by atoms with Gasteiger partial charge in [-0.15, -0.1) is 11.3 Å². The van der Waals surface area contributed by atoms with Gasteiger partial charge in [0.25, 0.3) is 0 Å². The molecule has 0 aromatic carbocycles. The van der Waals surface area contributed by atoms with Crippen LogP contribution in [0.25, 0.3) is 0 Å². The minimum Gasteiger partial charge on any atom is -0.444 e. The topological polar surface area (TPSA) is 83.6 Å². The molecule has 1 unspecified atom stereocenters. The number of hydrogen-bond donors (Lipinski definition) is 2. The van der Waals surface area contributed by atoms with Crippen LogP contribution in [-0.4, -0.2) is 47.1 Å². The maximum absolute atomic E-state index is 12.0. The zero-order valence-corrected chi connectivity index (χ0v) is 16.9. The molecular formula is C18H30N4O3S. The van der Waals surface area contributed by atoms with Crippen molar-refractivity contribution < 1.29 is 14.3 Å². The number of rotatable bonds is 6. The van der Waals surface area contributed by atoms with Gasteiger partial charge in [-0.3, -0.25) is 9.69 Å². The van der Waals surface area contributed by atoms with Gasteiger partial charge < -0.3 is 15.4 Å². The van der Waals surface area contributed by atoms with Crippen molar-refractivity contribution in [2.75, 3.05) is 25.0 Å². The first-order valence-corrected chi connectivity index (χ1v) is 10.0. The van der Waals surface area contributed by atoms with Gasteiger partial charge in [0.1, 0.15) is 5.60 Å². The first-order valence-electron chi connectivity index (χ1n) is 9.15. The summed E-state index contributed by atoms with van der Waals surface area (Å²) >= 11 is 1.43. The lowest BCUT2D eigenvalue weighted by molar-refractivity contribution is -0.116. The van der Waals surface area contributed by atoms with Gasteiger partial charge in [-0.1, -0.05) is 6.92 Å². The second kappa shape index (κ2) is 9.32. The first kappa shape index (κ1) is 20.6. The van der Waals surface area contributed by atoms with Gasteiger partial charge in [0.15, 0.2) is 5.13 Å². The van der Waals surface area contributed by atoms with Crippen LogP contribution in [0.1, 0.15) is 52.7 Å². The average Bonchev–Trinajstić information content (AvgIpc) is 2.92. The van der Waals surface area contributed by atoms with E-state index in [1.807, 2.05) is 5.38 Å². The first-order chi connectivity index (χ1) is 12.2. The van der Waals surface area contributed by atoms with Gasteiger partial charge in [0.05, 0.1) is 5.69 Å². The Labute approximate surface area is 159 Å². The molecule has 1 aromatic heterocycles. The molecule has 8 heteroatoms.